The smallest absolute Gasteiger partial charge is 0.348 e. The maximum atomic E-state index is 11.5. The molecule has 1 rings (SSSR count). The highest BCUT2D eigenvalue weighted by molar-refractivity contribution is 5.97. The highest BCUT2D eigenvalue weighted by Crippen LogP contribution is 2.07. The van der Waals surface area contributed by atoms with Crippen LogP contribution in [-0.4, -0.2) is 22.4 Å². The summed E-state index contributed by atoms with van der Waals surface area (Å²) in [5, 5.41) is 12.8. The fourth-order valence-corrected chi connectivity index (χ4v) is 1.21. The Hall–Kier alpha value is -2.09. The van der Waals surface area contributed by atoms with Gasteiger partial charge >= 0.3 is 5.97 Å². The number of aromatic nitrogens is 2. The van der Waals surface area contributed by atoms with E-state index in [1.807, 2.05) is 13.0 Å². The van der Waals surface area contributed by atoms with E-state index in [4.69, 9.17) is 10.00 Å². The van der Waals surface area contributed by atoms with E-state index in [9.17, 15) is 4.79 Å². The van der Waals surface area contributed by atoms with Gasteiger partial charge in [-0.3, -0.25) is 4.68 Å². The Labute approximate surface area is 100 Å². The van der Waals surface area contributed by atoms with Crippen molar-refractivity contribution in [3.05, 3.63) is 23.5 Å². The largest absolute Gasteiger partial charge is 0.462 e. The minimum atomic E-state index is -0.579. The number of unbranched alkanes of at least 4 members (excludes halogenated alkanes) is 1. The molecule has 0 fully saturated rings. The summed E-state index contributed by atoms with van der Waals surface area (Å²) in [6.07, 6.45) is 6.52. The molecule has 0 aromatic carbocycles. The number of hydrogen-bond donors (Lipinski definition) is 0. The summed E-state index contributed by atoms with van der Waals surface area (Å²) in [6, 6.07) is 1.84. The molecule has 0 aliphatic rings. The molecule has 17 heavy (non-hydrogen) atoms. The molecule has 5 heteroatoms. The van der Waals surface area contributed by atoms with Gasteiger partial charge in [0, 0.05) is 18.8 Å². The minimum Gasteiger partial charge on any atom is -0.462 e. The number of hydrogen-bond acceptors (Lipinski definition) is 4. The summed E-state index contributed by atoms with van der Waals surface area (Å²) in [7, 11) is 1.77. The van der Waals surface area contributed by atoms with Gasteiger partial charge in [0.05, 0.1) is 12.8 Å². The number of rotatable bonds is 5. The highest BCUT2D eigenvalue weighted by atomic mass is 16.5. The van der Waals surface area contributed by atoms with Gasteiger partial charge < -0.3 is 4.74 Å². The van der Waals surface area contributed by atoms with Crippen LogP contribution in [0.4, 0.5) is 0 Å². The third-order valence-corrected chi connectivity index (χ3v) is 2.11. The van der Waals surface area contributed by atoms with Gasteiger partial charge in [0.15, 0.2) is 0 Å². The summed E-state index contributed by atoms with van der Waals surface area (Å²) in [4.78, 5) is 11.5. The van der Waals surface area contributed by atoms with Crippen molar-refractivity contribution in [2.75, 3.05) is 6.61 Å². The van der Waals surface area contributed by atoms with Crippen molar-refractivity contribution in [1.29, 1.82) is 5.26 Å². The summed E-state index contributed by atoms with van der Waals surface area (Å²) in [5.74, 6) is -0.579. The van der Waals surface area contributed by atoms with E-state index >= 15 is 0 Å². The van der Waals surface area contributed by atoms with Gasteiger partial charge in [0.25, 0.3) is 0 Å². The van der Waals surface area contributed by atoms with Crippen LogP contribution in [0.1, 0.15) is 25.3 Å². The summed E-state index contributed by atoms with van der Waals surface area (Å²) >= 11 is 0. The molecule has 0 amide bonds. The number of ether oxygens (including phenoxy) is 1. The van der Waals surface area contributed by atoms with E-state index in [0.717, 1.165) is 12.8 Å². The van der Waals surface area contributed by atoms with Gasteiger partial charge in [-0.15, -0.1) is 0 Å². The van der Waals surface area contributed by atoms with Crippen LogP contribution in [0.25, 0.3) is 6.08 Å². The Morgan fingerprint density at radius 1 is 1.71 bits per heavy atom. The molecule has 0 atom stereocenters. The molecule has 0 aliphatic heterocycles. The maximum absolute atomic E-state index is 11.5. The standard InChI is InChI=1S/C12H15N3O2/c1-3-4-5-17-12(16)11(7-13)6-10-8-14-15(2)9-10/h6,8-9H,3-5H2,1-2H3/b11-6-. The lowest BCUT2D eigenvalue weighted by atomic mass is 10.2. The summed E-state index contributed by atoms with van der Waals surface area (Å²) < 4.78 is 6.56. The average molecular weight is 233 g/mol. The van der Waals surface area contributed by atoms with E-state index in [1.165, 1.54) is 6.08 Å². The third-order valence-electron chi connectivity index (χ3n) is 2.11. The highest BCUT2D eigenvalue weighted by Gasteiger charge is 2.10. The second-order valence-corrected chi connectivity index (χ2v) is 3.61. The molecule has 0 spiro atoms. The van der Waals surface area contributed by atoms with E-state index in [-0.39, 0.29) is 5.57 Å². The maximum Gasteiger partial charge on any atom is 0.348 e. The second-order valence-electron chi connectivity index (χ2n) is 3.61. The molecule has 0 bridgehead atoms. The monoisotopic (exact) mass is 233 g/mol. The number of nitriles is 1. The van der Waals surface area contributed by atoms with Crippen molar-refractivity contribution in [2.45, 2.75) is 19.8 Å². The zero-order valence-corrected chi connectivity index (χ0v) is 10.0. The molecule has 5 nitrogen and oxygen atoms in total. The van der Waals surface area contributed by atoms with E-state index in [0.29, 0.717) is 12.2 Å². The van der Waals surface area contributed by atoms with Gasteiger partial charge in [0.1, 0.15) is 11.6 Å². The Morgan fingerprint density at radius 2 is 2.47 bits per heavy atom. The molecule has 0 saturated carbocycles. The predicted molar refractivity (Wildman–Crippen MR) is 62.7 cm³/mol. The van der Waals surface area contributed by atoms with Gasteiger partial charge in [-0.1, -0.05) is 13.3 Å². The van der Waals surface area contributed by atoms with Crippen molar-refractivity contribution in [3.63, 3.8) is 0 Å². The first kappa shape index (κ1) is 13.0. The van der Waals surface area contributed by atoms with Crippen LogP contribution in [0.3, 0.4) is 0 Å². The number of carbonyl (C=O) groups is 1. The van der Waals surface area contributed by atoms with Crippen LogP contribution in [0.5, 0.6) is 0 Å². The van der Waals surface area contributed by atoms with Crippen LogP contribution in [-0.2, 0) is 16.6 Å². The van der Waals surface area contributed by atoms with Crippen LogP contribution in [0.15, 0.2) is 18.0 Å². The van der Waals surface area contributed by atoms with Gasteiger partial charge in [-0.05, 0) is 12.5 Å². The lowest BCUT2D eigenvalue weighted by Gasteiger charge is -2.01. The van der Waals surface area contributed by atoms with E-state index in [2.05, 4.69) is 5.10 Å². The molecule has 90 valence electrons. The van der Waals surface area contributed by atoms with Crippen molar-refractivity contribution in [2.24, 2.45) is 7.05 Å². The number of aryl methyl sites for hydroxylation is 1. The number of carbonyl (C=O) groups excluding carboxylic acids is 1. The van der Waals surface area contributed by atoms with Crippen LogP contribution in [0, 0.1) is 11.3 Å². The number of nitrogens with zero attached hydrogens (tertiary/aromatic N) is 3. The molecule has 1 aromatic heterocycles. The topological polar surface area (TPSA) is 67.9 Å². The Balaban J connectivity index is 2.68. The first-order valence-corrected chi connectivity index (χ1v) is 5.45. The zero-order valence-electron chi connectivity index (χ0n) is 10.0. The molecule has 1 aromatic rings. The number of esters is 1. The van der Waals surface area contributed by atoms with Crippen LogP contribution < -0.4 is 0 Å². The Bertz CT molecular complexity index is 455. The third kappa shape index (κ3) is 4.11. The molecular formula is C12H15N3O2. The molecular weight excluding hydrogens is 218 g/mol. The van der Waals surface area contributed by atoms with E-state index in [1.54, 1.807) is 24.1 Å². The Kier molecular flexibility index (Phi) is 4.95. The molecule has 1 heterocycles. The van der Waals surface area contributed by atoms with Crippen molar-refractivity contribution in [3.8, 4) is 6.07 Å². The second kappa shape index (κ2) is 6.48. The molecule has 0 aliphatic carbocycles. The molecule has 0 saturated heterocycles. The lowest BCUT2D eigenvalue weighted by molar-refractivity contribution is -0.138. The van der Waals surface area contributed by atoms with E-state index < -0.39 is 5.97 Å². The fraction of sp³-hybridized carbons (Fsp3) is 0.417. The van der Waals surface area contributed by atoms with Crippen LogP contribution >= 0.6 is 0 Å². The molecule has 0 unspecified atom stereocenters. The first-order valence-electron chi connectivity index (χ1n) is 5.45. The first-order chi connectivity index (χ1) is 8.17. The molecule has 0 N–H and O–H groups in total. The lowest BCUT2D eigenvalue weighted by Crippen LogP contribution is -2.07. The van der Waals surface area contributed by atoms with Gasteiger partial charge in [-0.2, -0.15) is 10.4 Å². The zero-order chi connectivity index (χ0) is 12.7. The predicted octanol–water partition coefficient (Wildman–Crippen LogP) is 1.67. The van der Waals surface area contributed by atoms with Crippen molar-refractivity contribution >= 4 is 12.0 Å². The average Bonchev–Trinajstić information content (AvgIpc) is 2.72. The van der Waals surface area contributed by atoms with Crippen molar-refractivity contribution < 1.29 is 9.53 Å². The molecule has 0 radical (unpaired) electrons. The summed E-state index contributed by atoms with van der Waals surface area (Å²) in [6.45, 7) is 2.35. The fourth-order valence-electron chi connectivity index (χ4n) is 1.21. The quantitative estimate of drug-likeness (QED) is 0.336. The van der Waals surface area contributed by atoms with Gasteiger partial charge in [0.2, 0.25) is 0 Å². The van der Waals surface area contributed by atoms with Gasteiger partial charge in [-0.25, -0.2) is 4.79 Å². The summed E-state index contributed by atoms with van der Waals surface area (Å²) in [5.41, 5.74) is 0.700. The SMILES string of the molecule is CCCCOC(=O)/C(C#N)=C\c1cnn(C)c1. The minimum absolute atomic E-state index is 0.00546. The van der Waals surface area contributed by atoms with Crippen molar-refractivity contribution in [1.82, 2.24) is 9.78 Å². The normalized spacial score (nSPS) is 11.0. The Morgan fingerprint density at radius 3 is 3.00 bits per heavy atom. The van der Waals surface area contributed by atoms with Crippen LogP contribution in [0.2, 0.25) is 0 Å².